The van der Waals surface area contributed by atoms with Crippen LogP contribution >= 0.6 is 11.6 Å². The molecule has 1 aliphatic heterocycles. The maximum absolute atomic E-state index is 14.2. The van der Waals surface area contributed by atoms with E-state index in [0.717, 1.165) is 5.32 Å². The summed E-state index contributed by atoms with van der Waals surface area (Å²) < 4.78 is 15.5. The van der Waals surface area contributed by atoms with E-state index in [0.29, 0.717) is 40.3 Å². The molecule has 1 atom stereocenters. The number of nitrogens with zero attached hydrogens (tertiary/aromatic N) is 4. The summed E-state index contributed by atoms with van der Waals surface area (Å²) in [6, 6.07) is 33.7. The van der Waals surface area contributed by atoms with Crippen molar-refractivity contribution in [3.8, 4) is 17.2 Å². The van der Waals surface area contributed by atoms with Crippen LogP contribution in [0.25, 0.3) is 5.69 Å². The molecule has 2 heterocycles. The summed E-state index contributed by atoms with van der Waals surface area (Å²) in [5.74, 6) is 0.105. The quantitative estimate of drug-likeness (QED) is 0.0592. The van der Waals surface area contributed by atoms with Crippen molar-refractivity contribution in [1.82, 2.24) is 15.0 Å². The Bertz CT molecular complexity index is 2210. The van der Waals surface area contributed by atoms with Crippen LogP contribution in [-0.2, 0) is 13.0 Å². The molecule has 1 aromatic heterocycles. The molecular formula is C38H27ClN4O6Se. The number of ether oxygens (including phenoxy) is 2. The average molecular weight is 750 g/mol. The Labute approximate surface area is 297 Å². The van der Waals surface area contributed by atoms with Crippen LogP contribution in [0.4, 0.5) is 5.69 Å². The molecule has 10 nitrogen and oxygen atoms in total. The second-order valence-electron chi connectivity index (χ2n) is 11.4. The van der Waals surface area contributed by atoms with Gasteiger partial charge in [0.25, 0.3) is 0 Å². The Kier molecular flexibility index (Phi) is 9.53. The average Bonchev–Trinajstić information content (AvgIpc) is 3.81. The van der Waals surface area contributed by atoms with Gasteiger partial charge >= 0.3 is 255 Å². The predicted molar refractivity (Wildman–Crippen MR) is 188 cm³/mol. The Morgan fingerprint density at radius 2 is 1.54 bits per heavy atom. The fraction of sp³-hybridized carbons (Fsp3) is 0.105. The molecule has 0 aliphatic carbocycles. The van der Waals surface area contributed by atoms with Gasteiger partial charge in [0.2, 0.25) is 0 Å². The number of ketones is 2. The minimum absolute atomic E-state index is 0.101. The summed E-state index contributed by atoms with van der Waals surface area (Å²) in [5, 5.41) is 20.9. The molecule has 1 unspecified atom stereocenters. The fourth-order valence-electron chi connectivity index (χ4n) is 5.72. The van der Waals surface area contributed by atoms with Crippen LogP contribution in [0.15, 0.2) is 121 Å². The van der Waals surface area contributed by atoms with E-state index in [9.17, 15) is 19.7 Å². The Hall–Kier alpha value is -5.61. The van der Waals surface area contributed by atoms with E-state index in [1.54, 1.807) is 54.6 Å². The third kappa shape index (κ3) is 6.93. The molecule has 0 saturated heterocycles. The van der Waals surface area contributed by atoms with E-state index in [4.69, 9.17) is 21.1 Å². The molecule has 12 heteroatoms. The van der Waals surface area contributed by atoms with Gasteiger partial charge in [0, 0.05) is 11.1 Å². The van der Waals surface area contributed by atoms with Gasteiger partial charge in [-0.15, -0.1) is 0 Å². The van der Waals surface area contributed by atoms with Crippen LogP contribution in [0, 0.1) is 10.1 Å². The molecule has 0 amide bonds. The Balaban J connectivity index is 1.28. The Morgan fingerprint density at radius 3 is 2.20 bits per heavy atom. The molecule has 0 saturated carbocycles. The van der Waals surface area contributed by atoms with Crippen molar-refractivity contribution in [2.75, 3.05) is 0 Å². The SMILES string of the molecule is O=C(c1ccccc1)c1cc(C(=O)c2ccccc2)c2c(c1OCc1cn(-c3ccc(Cl)cc3[N+](=O)[O-])nn1)CC(C[Se]c1ccccc1)O2. The zero-order valence-corrected chi connectivity index (χ0v) is 28.7. The van der Waals surface area contributed by atoms with Crippen molar-refractivity contribution in [2.45, 2.75) is 24.5 Å². The van der Waals surface area contributed by atoms with Crippen LogP contribution in [-0.4, -0.2) is 52.5 Å². The third-order valence-electron chi connectivity index (χ3n) is 8.07. The van der Waals surface area contributed by atoms with E-state index in [-0.39, 0.29) is 66.8 Å². The van der Waals surface area contributed by atoms with Crippen LogP contribution in [0.3, 0.4) is 0 Å². The molecule has 7 rings (SSSR count). The van der Waals surface area contributed by atoms with Gasteiger partial charge in [0.15, 0.2) is 0 Å². The van der Waals surface area contributed by atoms with Gasteiger partial charge in [-0.25, -0.2) is 0 Å². The summed E-state index contributed by atoms with van der Waals surface area (Å²) >= 11 is 6.10. The number of benzene rings is 5. The molecule has 0 bridgehead atoms. The number of fused-ring (bicyclic) bond motifs is 1. The molecule has 5 aromatic carbocycles. The number of hydrogen-bond donors (Lipinski definition) is 0. The van der Waals surface area contributed by atoms with Gasteiger partial charge in [0.05, 0.1) is 4.92 Å². The van der Waals surface area contributed by atoms with Crippen molar-refractivity contribution >= 4 is 48.3 Å². The number of carbonyl (C=O) groups is 2. The number of carbonyl (C=O) groups excluding carboxylic acids is 2. The van der Waals surface area contributed by atoms with E-state index < -0.39 is 4.92 Å². The number of hydrogen-bond acceptors (Lipinski definition) is 8. The molecule has 6 aromatic rings. The van der Waals surface area contributed by atoms with E-state index >= 15 is 0 Å². The van der Waals surface area contributed by atoms with Crippen LogP contribution < -0.4 is 13.9 Å². The number of aromatic nitrogens is 3. The second kappa shape index (κ2) is 14.5. The fourth-order valence-corrected chi connectivity index (χ4v) is 7.80. The van der Waals surface area contributed by atoms with Crippen molar-refractivity contribution in [3.05, 3.63) is 170 Å². The molecule has 0 radical (unpaired) electrons. The molecule has 50 heavy (non-hydrogen) atoms. The number of halogens is 1. The third-order valence-corrected chi connectivity index (χ3v) is 10.7. The number of nitro groups is 1. The van der Waals surface area contributed by atoms with Gasteiger partial charge in [-0.05, 0) is 6.07 Å². The first kappa shape index (κ1) is 32.9. The summed E-state index contributed by atoms with van der Waals surface area (Å²) in [7, 11) is 0. The zero-order chi connectivity index (χ0) is 34.6. The molecule has 248 valence electrons. The number of rotatable bonds is 12. The first-order chi connectivity index (χ1) is 24.4. The van der Waals surface area contributed by atoms with Gasteiger partial charge in [0.1, 0.15) is 0 Å². The summed E-state index contributed by atoms with van der Waals surface area (Å²) in [6.07, 6.45) is 1.70. The second-order valence-corrected chi connectivity index (χ2v) is 14.1. The molecule has 0 N–H and O–H groups in total. The standard InChI is InChI=1S/C38H27ClN4O6Se/c39-26-16-17-33(34(18-26)43(46)47)42-21-27(40-41-42)22-48-37-30(35(44)24-10-4-1-5-11-24)20-31(36(45)25-12-6-2-7-13-25)38-32(37)19-28(49-38)23-50-29-14-8-3-9-15-29/h1-18,20-21,28H,19,22-23H2. The van der Waals surface area contributed by atoms with Gasteiger partial charge in [-0.3, -0.25) is 10.1 Å². The predicted octanol–water partition coefficient (Wildman–Crippen LogP) is 6.62. The van der Waals surface area contributed by atoms with Crippen LogP contribution in [0.5, 0.6) is 11.5 Å². The van der Waals surface area contributed by atoms with Crippen molar-refractivity contribution < 1.29 is 24.0 Å². The van der Waals surface area contributed by atoms with Crippen LogP contribution in [0.2, 0.25) is 10.3 Å². The topological polar surface area (TPSA) is 126 Å². The van der Waals surface area contributed by atoms with E-state index in [2.05, 4.69) is 22.4 Å². The van der Waals surface area contributed by atoms with Crippen molar-refractivity contribution in [1.29, 1.82) is 0 Å². The number of nitro benzene ring substituents is 1. The summed E-state index contributed by atoms with van der Waals surface area (Å²) in [4.78, 5) is 39.3. The maximum atomic E-state index is 14.2. The summed E-state index contributed by atoms with van der Waals surface area (Å²) in [6.45, 7) is -0.118. The molecule has 0 spiro atoms. The van der Waals surface area contributed by atoms with E-state index in [1.807, 2.05) is 30.3 Å². The minimum atomic E-state index is -0.544. The first-order valence-corrected chi connectivity index (χ1v) is 18.0. The van der Waals surface area contributed by atoms with Crippen molar-refractivity contribution in [3.63, 3.8) is 0 Å². The molecule has 1 aliphatic rings. The molecular weight excluding hydrogens is 723 g/mol. The summed E-state index contributed by atoms with van der Waals surface area (Å²) in [5.41, 5.74) is 2.33. The van der Waals surface area contributed by atoms with Crippen molar-refractivity contribution in [2.24, 2.45) is 0 Å². The van der Waals surface area contributed by atoms with E-state index in [1.165, 1.54) is 33.5 Å². The van der Waals surface area contributed by atoms with Gasteiger partial charge < -0.3 is 0 Å². The van der Waals surface area contributed by atoms with Crippen LogP contribution in [0.1, 0.15) is 43.1 Å². The molecule has 0 fully saturated rings. The monoisotopic (exact) mass is 750 g/mol. The first-order valence-electron chi connectivity index (χ1n) is 15.6. The van der Waals surface area contributed by atoms with Gasteiger partial charge in [-0.2, -0.15) is 0 Å². The van der Waals surface area contributed by atoms with Gasteiger partial charge in [-0.1, -0.05) is 11.6 Å². The zero-order valence-electron chi connectivity index (χ0n) is 26.3. The normalized spacial score (nSPS) is 13.3. The Morgan fingerprint density at radius 1 is 0.900 bits per heavy atom.